The normalized spacial score (nSPS) is 12.4. The van der Waals surface area contributed by atoms with E-state index in [-0.39, 0.29) is 0 Å². The summed E-state index contributed by atoms with van der Waals surface area (Å²) in [6.07, 6.45) is -5.07. The third-order valence-electron chi connectivity index (χ3n) is 1.54. The van der Waals surface area contributed by atoms with Crippen LogP contribution in [0.25, 0.3) is 0 Å². The lowest BCUT2D eigenvalue weighted by molar-refractivity contribution is -0.141. The van der Waals surface area contributed by atoms with Crippen molar-refractivity contribution in [3.05, 3.63) is 22.2 Å². The fourth-order valence-electron chi connectivity index (χ4n) is 0.887. The van der Waals surface area contributed by atoms with E-state index >= 15 is 0 Å². The lowest BCUT2D eigenvalue weighted by atomic mass is 10.2. The quantitative estimate of drug-likeness (QED) is 0.454. The fraction of sp³-hybridized carbons (Fsp3) is 0.286. The summed E-state index contributed by atoms with van der Waals surface area (Å²) in [6.45, 7) is 0. The van der Waals surface area contributed by atoms with Crippen molar-refractivity contribution in [2.45, 2.75) is 11.8 Å². The number of hydrogen-bond donors (Lipinski definition) is 0. The summed E-state index contributed by atoms with van der Waals surface area (Å²) in [5.74, 6) is -1.42. The zero-order chi connectivity index (χ0) is 13.4. The molecule has 0 amide bonds. The van der Waals surface area contributed by atoms with Gasteiger partial charge < -0.3 is 0 Å². The van der Waals surface area contributed by atoms with Crippen LogP contribution < -0.4 is 0 Å². The lowest BCUT2D eigenvalue weighted by Gasteiger charge is -2.13. The molecule has 0 N–H and O–H groups in total. The predicted octanol–water partition coefficient (Wildman–Crippen LogP) is 2.94. The highest BCUT2D eigenvalue weighted by Gasteiger charge is 2.40. The summed E-state index contributed by atoms with van der Waals surface area (Å²) in [5, 5.41) is 7.48. The standard InChI is InChI=1S/C7H2ClF5N3P/c8-4-2(1-14)3(6(9,10)11)15-5(16-4)7(12,13)17/h17H2. The van der Waals surface area contributed by atoms with Crippen molar-refractivity contribution in [3.8, 4) is 6.07 Å². The van der Waals surface area contributed by atoms with Gasteiger partial charge in [-0.3, -0.25) is 0 Å². The molecule has 1 aromatic rings. The first-order valence-corrected chi connectivity index (χ1v) is 4.75. The van der Waals surface area contributed by atoms with Crippen LogP contribution in [0, 0.1) is 11.3 Å². The van der Waals surface area contributed by atoms with Gasteiger partial charge in [0.05, 0.1) is 0 Å². The smallest absolute Gasteiger partial charge is 0.221 e. The van der Waals surface area contributed by atoms with Crippen LogP contribution in [0.2, 0.25) is 5.15 Å². The average Bonchev–Trinajstić information content (AvgIpc) is 2.13. The highest BCUT2D eigenvalue weighted by molar-refractivity contribution is 7.17. The Balaban J connectivity index is 3.58. The molecule has 1 rings (SSSR count). The zero-order valence-electron chi connectivity index (χ0n) is 7.69. The van der Waals surface area contributed by atoms with Crippen LogP contribution in [0.1, 0.15) is 17.1 Å². The van der Waals surface area contributed by atoms with Gasteiger partial charge in [-0.2, -0.15) is 27.2 Å². The number of nitrogens with zero attached hydrogens (tertiary/aromatic N) is 3. The molecule has 0 aliphatic carbocycles. The van der Waals surface area contributed by atoms with Crippen LogP contribution in [-0.2, 0) is 11.8 Å². The first-order chi connectivity index (χ1) is 7.57. The topological polar surface area (TPSA) is 49.6 Å². The van der Waals surface area contributed by atoms with Gasteiger partial charge in [0, 0.05) is 0 Å². The van der Waals surface area contributed by atoms with E-state index in [0.29, 0.717) is 0 Å². The molecule has 92 valence electrons. The maximum absolute atomic E-state index is 12.8. The summed E-state index contributed by atoms with van der Waals surface area (Å²) >= 11 is 5.23. The molecule has 1 unspecified atom stereocenters. The molecule has 1 atom stereocenters. The third kappa shape index (κ3) is 2.99. The highest BCUT2D eigenvalue weighted by atomic mass is 35.5. The van der Waals surface area contributed by atoms with Crippen LogP contribution in [0.5, 0.6) is 0 Å². The fourth-order valence-corrected chi connectivity index (χ4v) is 1.23. The van der Waals surface area contributed by atoms with Gasteiger partial charge in [-0.25, -0.2) is 9.97 Å². The molecule has 0 saturated carbocycles. The number of halogens is 6. The lowest BCUT2D eigenvalue weighted by Crippen LogP contribution is -2.18. The van der Waals surface area contributed by atoms with Crippen LogP contribution in [0.4, 0.5) is 22.0 Å². The summed E-state index contributed by atoms with van der Waals surface area (Å²) < 4.78 is 62.8. The average molecular weight is 290 g/mol. The minimum absolute atomic E-state index is 0.966. The molecule has 0 radical (unpaired) electrons. The van der Waals surface area contributed by atoms with Gasteiger partial charge in [0.15, 0.2) is 10.8 Å². The maximum Gasteiger partial charge on any atom is 0.434 e. The van der Waals surface area contributed by atoms with Crippen molar-refractivity contribution in [1.82, 2.24) is 9.97 Å². The summed E-state index contributed by atoms with van der Waals surface area (Å²) in [4.78, 5) is 5.58. The number of nitriles is 1. The Morgan fingerprint density at radius 2 is 1.71 bits per heavy atom. The molecule has 0 aliphatic rings. The molecule has 17 heavy (non-hydrogen) atoms. The summed E-state index contributed by atoms with van der Waals surface area (Å²) in [7, 11) is 0.981. The Morgan fingerprint density at radius 1 is 1.18 bits per heavy atom. The molecule has 0 aromatic carbocycles. The van der Waals surface area contributed by atoms with Crippen molar-refractivity contribution in [1.29, 1.82) is 5.26 Å². The highest BCUT2D eigenvalue weighted by Crippen LogP contribution is 2.37. The predicted molar refractivity (Wildman–Crippen MR) is 50.4 cm³/mol. The van der Waals surface area contributed by atoms with E-state index in [1.807, 2.05) is 0 Å². The molecule has 0 aliphatic heterocycles. The second-order valence-corrected chi connectivity index (χ2v) is 3.88. The second kappa shape index (κ2) is 4.31. The number of rotatable bonds is 1. The minimum Gasteiger partial charge on any atom is -0.221 e. The molecule has 0 spiro atoms. The first kappa shape index (κ1) is 14.0. The third-order valence-corrected chi connectivity index (χ3v) is 2.08. The maximum atomic E-state index is 12.8. The summed E-state index contributed by atoms with van der Waals surface area (Å²) in [6, 6.07) is 1.12. The number of aromatic nitrogens is 2. The van der Waals surface area contributed by atoms with Crippen molar-refractivity contribution in [3.63, 3.8) is 0 Å². The largest absolute Gasteiger partial charge is 0.434 e. The van der Waals surface area contributed by atoms with E-state index in [4.69, 9.17) is 16.9 Å². The van der Waals surface area contributed by atoms with E-state index in [0.717, 1.165) is 15.3 Å². The van der Waals surface area contributed by atoms with Gasteiger partial charge >= 0.3 is 11.8 Å². The van der Waals surface area contributed by atoms with Gasteiger partial charge in [0.1, 0.15) is 11.6 Å². The second-order valence-electron chi connectivity index (χ2n) is 2.79. The molecule has 0 saturated heterocycles. The van der Waals surface area contributed by atoms with Crippen LogP contribution in [0.3, 0.4) is 0 Å². The Hall–Kier alpha value is -1.06. The van der Waals surface area contributed by atoms with E-state index < -0.39 is 34.1 Å². The Bertz CT molecular complexity index is 490. The Labute approximate surface area is 98.8 Å². The van der Waals surface area contributed by atoms with E-state index in [2.05, 4.69) is 9.97 Å². The zero-order valence-corrected chi connectivity index (χ0v) is 9.60. The molecule has 0 fully saturated rings. The summed E-state index contributed by atoms with van der Waals surface area (Å²) in [5.41, 5.74) is -6.63. The molecule has 10 heteroatoms. The van der Waals surface area contributed by atoms with Gasteiger partial charge in [0.25, 0.3) is 0 Å². The minimum atomic E-state index is -5.07. The van der Waals surface area contributed by atoms with E-state index in [1.165, 1.54) is 0 Å². The van der Waals surface area contributed by atoms with Gasteiger partial charge in [-0.05, 0) is 0 Å². The van der Waals surface area contributed by atoms with Gasteiger partial charge in [0.2, 0.25) is 5.82 Å². The van der Waals surface area contributed by atoms with Gasteiger partial charge in [-0.1, -0.05) is 20.8 Å². The van der Waals surface area contributed by atoms with Gasteiger partial charge in [-0.15, -0.1) is 0 Å². The van der Waals surface area contributed by atoms with Crippen molar-refractivity contribution in [2.75, 3.05) is 0 Å². The number of alkyl halides is 5. The first-order valence-electron chi connectivity index (χ1n) is 3.79. The Morgan fingerprint density at radius 3 is 2.06 bits per heavy atom. The molecular formula is C7H2ClF5N3P. The van der Waals surface area contributed by atoms with Crippen molar-refractivity contribution >= 4 is 20.8 Å². The van der Waals surface area contributed by atoms with Crippen LogP contribution in [-0.4, -0.2) is 9.97 Å². The molecule has 1 heterocycles. The SMILES string of the molecule is N#Cc1c(Cl)nc(C(F)(F)P)nc1C(F)(F)F. The molecule has 0 bridgehead atoms. The number of hydrogen-bond acceptors (Lipinski definition) is 3. The van der Waals surface area contributed by atoms with Crippen LogP contribution in [0.15, 0.2) is 0 Å². The molecule has 1 aromatic heterocycles. The molecular weight excluding hydrogens is 288 g/mol. The molecule has 3 nitrogen and oxygen atoms in total. The van der Waals surface area contributed by atoms with Crippen molar-refractivity contribution < 1.29 is 22.0 Å². The monoisotopic (exact) mass is 289 g/mol. The van der Waals surface area contributed by atoms with E-state index in [9.17, 15) is 22.0 Å². The Kier molecular flexibility index (Phi) is 3.55. The van der Waals surface area contributed by atoms with Crippen LogP contribution >= 0.6 is 20.8 Å². The van der Waals surface area contributed by atoms with Crippen molar-refractivity contribution in [2.24, 2.45) is 0 Å². The van der Waals surface area contributed by atoms with E-state index in [1.54, 1.807) is 0 Å².